The highest BCUT2D eigenvalue weighted by Gasteiger charge is 2.23. The molecular formula is C10H17N3O2. The van der Waals surface area contributed by atoms with E-state index in [4.69, 9.17) is 4.52 Å². The van der Waals surface area contributed by atoms with E-state index in [9.17, 15) is 4.79 Å². The molecular weight excluding hydrogens is 194 g/mol. The molecule has 0 aliphatic rings. The molecule has 15 heavy (non-hydrogen) atoms. The Morgan fingerprint density at radius 2 is 2.00 bits per heavy atom. The van der Waals surface area contributed by atoms with E-state index in [0.29, 0.717) is 11.8 Å². The topological polar surface area (TPSA) is 59.2 Å². The van der Waals surface area contributed by atoms with Crippen molar-refractivity contribution in [3.05, 3.63) is 5.82 Å². The summed E-state index contributed by atoms with van der Waals surface area (Å²) in [6, 6.07) is 0.423. The number of ketones is 1. The summed E-state index contributed by atoms with van der Waals surface area (Å²) in [7, 11) is 3.62. The van der Waals surface area contributed by atoms with Crippen LogP contribution in [0.1, 0.15) is 26.6 Å². The van der Waals surface area contributed by atoms with E-state index in [1.54, 1.807) is 4.90 Å². The molecule has 0 amide bonds. The second-order valence-electron chi connectivity index (χ2n) is 4.74. The van der Waals surface area contributed by atoms with Crippen LogP contribution in [-0.2, 0) is 11.2 Å². The van der Waals surface area contributed by atoms with Crippen molar-refractivity contribution < 1.29 is 9.32 Å². The summed E-state index contributed by atoms with van der Waals surface area (Å²) in [4.78, 5) is 17.5. The highest BCUT2D eigenvalue weighted by atomic mass is 16.5. The van der Waals surface area contributed by atoms with Crippen molar-refractivity contribution in [1.82, 2.24) is 10.1 Å². The van der Waals surface area contributed by atoms with Gasteiger partial charge in [0.05, 0.1) is 6.42 Å². The fourth-order valence-corrected chi connectivity index (χ4v) is 0.907. The summed E-state index contributed by atoms with van der Waals surface area (Å²) in [6.07, 6.45) is 0.223. The standard InChI is InChI=1S/C10H17N3O2/c1-10(2,3)7(14)6-8-11-9(13(4)5)15-12-8/h6H2,1-5H3. The first kappa shape index (κ1) is 11.7. The average molecular weight is 211 g/mol. The maximum absolute atomic E-state index is 11.7. The maximum atomic E-state index is 11.7. The molecule has 0 N–H and O–H groups in total. The van der Waals surface area contributed by atoms with Crippen LogP contribution in [0.5, 0.6) is 0 Å². The third kappa shape index (κ3) is 3.04. The SMILES string of the molecule is CN(C)c1nc(CC(=O)C(C)(C)C)no1. The summed E-state index contributed by atoms with van der Waals surface area (Å²) in [5.41, 5.74) is -0.362. The number of carbonyl (C=O) groups is 1. The number of Topliss-reactive ketones (excluding diaryl/α,β-unsaturated/α-hetero) is 1. The van der Waals surface area contributed by atoms with Gasteiger partial charge in [0.15, 0.2) is 5.82 Å². The van der Waals surface area contributed by atoms with E-state index in [1.165, 1.54) is 0 Å². The van der Waals surface area contributed by atoms with Crippen LogP contribution in [0.3, 0.4) is 0 Å². The van der Waals surface area contributed by atoms with Crippen molar-refractivity contribution in [2.45, 2.75) is 27.2 Å². The van der Waals surface area contributed by atoms with Crippen LogP contribution in [0.2, 0.25) is 0 Å². The molecule has 0 radical (unpaired) electrons. The van der Waals surface area contributed by atoms with Gasteiger partial charge in [-0.3, -0.25) is 4.79 Å². The summed E-state index contributed by atoms with van der Waals surface area (Å²) in [5, 5.41) is 3.74. The molecule has 5 nitrogen and oxygen atoms in total. The zero-order valence-electron chi connectivity index (χ0n) is 9.87. The van der Waals surface area contributed by atoms with Gasteiger partial charge in [0.25, 0.3) is 0 Å². The quantitative estimate of drug-likeness (QED) is 0.754. The third-order valence-corrected chi connectivity index (χ3v) is 2.00. The number of aromatic nitrogens is 2. The van der Waals surface area contributed by atoms with Crippen LogP contribution < -0.4 is 4.90 Å². The lowest BCUT2D eigenvalue weighted by atomic mass is 9.89. The maximum Gasteiger partial charge on any atom is 0.323 e. The number of rotatable bonds is 3. The Morgan fingerprint density at radius 1 is 1.40 bits per heavy atom. The zero-order valence-corrected chi connectivity index (χ0v) is 9.87. The Morgan fingerprint density at radius 3 is 2.40 bits per heavy atom. The first-order valence-electron chi connectivity index (χ1n) is 4.84. The molecule has 0 aliphatic heterocycles. The Balaban J connectivity index is 2.70. The van der Waals surface area contributed by atoms with Crippen molar-refractivity contribution in [3.63, 3.8) is 0 Å². The summed E-state index contributed by atoms with van der Waals surface area (Å²) in [5.74, 6) is 0.548. The Kier molecular flexibility index (Phi) is 3.12. The number of hydrogen-bond acceptors (Lipinski definition) is 5. The van der Waals surface area contributed by atoms with Gasteiger partial charge in [-0.25, -0.2) is 0 Å². The summed E-state index contributed by atoms with van der Waals surface area (Å²) >= 11 is 0. The number of anilines is 1. The van der Waals surface area contributed by atoms with E-state index < -0.39 is 0 Å². The molecule has 0 bridgehead atoms. The minimum absolute atomic E-state index is 0.105. The Hall–Kier alpha value is -1.39. The number of hydrogen-bond donors (Lipinski definition) is 0. The van der Waals surface area contributed by atoms with Crippen molar-refractivity contribution in [2.24, 2.45) is 5.41 Å². The fraction of sp³-hybridized carbons (Fsp3) is 0.700. The normalized spacial score (nSPS) is 11.5. The second kappa shape index (κ2) is 4.00. The first-order chi connectivity index (χ1) is 6.80. The number of nitrogens with zero attached hydrogens (tertiary/aromatic N) is 3. The van der Waals surface area contributed by atoms with E-state index in [0.717, 1.165) is 0 Å². The minimum atomic E-state index is -0.362. The molecule has 5 heteroatoms. The highest BCUT2D eigenvalue weighted by Crippen LogP contribution is 2.17. The van der Waals surface area contributed by atoms with Crippen molar-refractivity contribution in [1.29, 1.82) is 0 Å². The summed E-state index contributed by atoms with van der Waals surface area (Å²) in [6.45, 7) is 5.63. The van der Waals surface area contributed by atoms with Gasteiger partial charge in [0.2, 0.25) is 0 Å². The van der Waals surface area contributed by atoms with E-state index in [-0.39, 0.29) is 17.6 Å². The lowest BCUT2D eigenvalue weighted by molar-refractivity contribution is -0.125. The van der Waals surface area contributed by atoms with Crippen molar-refractivity contribution in [3.8, 4) is 0 Å². The molecule has 0 unspecified atom stereocenters. The monoisotopic (exact) mass is 211 g/mol. The molecule has 0 aliphatic carbocycles. The molecule has 0 atom stereocenters. The van der Waals surface area contributed by atoms with Crippen LogP contribution in [-0.4, -0.2) is 30.0 Å². The molecule has 84 valence electrons. The minimum Gasteiger partial charge on any atom is -0.331 e. The van der Waals surface area contributed by atoms with E-state index in [2.05, 4.69) is 10.1 Å². The van der Waals surface area contributed by atoms with Crippen LogP contribution in [0.4, 0.5) is 6.01 Å². The predicted molar refractivity (Wildman–Crippen MR) is 56.8 cm³/mol. The Labute approximate surface area is 89.5 Å². The lowest BCUT2D eigenvalue weighted by Crippen LogP contribution is -2.22. The molecule has 1 heterocycles. The van der Waals surface area contributed by atoms with Crippen molar-refractivity contribution in [2.75, 3.05) is 19.0 Å². The molecule has 1 rings (SSSR count). The van der Waals surface area contributed by atoms with E-state index in [1.807, 2.05) is 34.9 Å². The zero-order chi connectivity index (χ0) is 11.6. The molecule has 0 aromatic carbocycles. The van der Waals surface area contributed by atoms with Gasteiger partial charge in [-0.05, 0) is 0 Å². The molecule has 0 saturated heterocycles. The fourth-order valence-electron chi connectivity index (χ4n) is 0.907. The van der Waals surface area contributed by atoms with Gasteiger partial charge in [0.1, 0.15) is 5.78 Å². The van der Waals surface area contributed by atoms with Gasteiger partial charge >= 0.3 is 6.01 Å². The van der Waals surface area contributed by atoms with Gasteiger partial charge in [-0.1, -0.05) is 25.9 Å². The predicted octanol–water partition coefficient (Wildman–Crippen LogP) is 1.29. The smallest absolute Gasteiger partial charge is 0.323 e. The van der Waals surface area contributed by atoms with Gasteiger partial charge < -0.3 is 9.42 Å². The third-order valence-electron chi connectivity index (χ3n) is 2.00. The molecule has 1 aromatic heterocycles. The first-order valence-corrected chi connectivity index (χ1v) is 4.84. The Bertz CT molecular complexity index is 350. The molecule has 1 aromatic rings. The van der Waals surface area contributed by atoms with Crippen LogP contribution >= 0.6 is 0 Å². The molecule has 0 fully saturated rings. The van der Waals surface area contributed by atoms with Gasteiger partial charge in [-0.2, -0.15) is 4.98 Å². The number of carbonyl (C=O) groups excluding carboxylic acids is 1. The highest BCUT2D eigenvalue weighted by molar-refractivity contribution is 5.85. The van der Waals surface area contributed by atoms with Gasteiger partial charge in [0, 0.05) is 19.5 Å². The largest absolute Gasteiger partial charge is 0.331 e. The van der Waals surface area contributed by atoms with Crippen LogP contribution in [0.25, 0.3) is 0 Å². The molecule has 0 spiro atoms. The lowest BCUT2D eigenvalue weighted by Gasteiger charge is -2.14. The van der Waals surface area contributed by atoms with E-state index >= 15 is 0 Å². The van der Waals surface area contributed by atoms with Crippen molar-refractivity contribution >= 4 is 11.8 Å². The second-order valence-corrected chi connectivity index (χ2v) is 4.74. The van der Waals surface area contributed by atoms with Gasteiger partial charge in [-0.15, -0.1) is 0 Å². The molecule has 0 saturated carbocycles. The van der Waals surface area contributed by atoms with Crippen LogP contribution in [0.15, 0.2) is 4.52 Å². The average Bonchev–Trinajstić information content (AvgIpc) is 2.50. The summed E-state index contributed by atoms with van der Waals surface area (Å²) < 4.78 is 4.95. The van der Waals surface area contributed by atoms with Crippen LogP contribution in [0, 0.1) is 5.41 Å².